The highest BCUT2D eigenvalue weighted by Crippen LogP contribution is 2.34. The van der Waals surface area contributed by atoms with Gasteiger partial charge in [-0.2, -0.15) is 0 Å². The maximum Gasteiger partial charge on any atom is 0.161 e. The van der Waals surface area contributed by atoms with Gasteiger partial charge in [0.05, 0.1) is 7.11 Å². The van der Waals surface area contributed by atoms with Crippen LogP contribution in [0.4, 0.5) is 0 Å². The monoisotopic (exact) mass is 368 g/mol. The van der Waals surface area contributed by atoms with Crippen LogP contribution in [0.25, 0.3) is 0 Å². The van der Waals surface area contributed by atoms with Crippen LogP contribution in [0.15, 0.2) is 48.5 Å². The number of methoxy groups -OCH3 is 1. The normalized spacial score (nSPS) is 16.1. The Kier molecular flexibility index (Phi) is 7.55. The number of unbranched alkanes of at least 4 members (excludes halogenated alkanes) is 1. The number of rotatable bonds is 9. The average molecular weight is 369 g/mol. The van der Waals surface area contributed by atoms with Crippen LogP contribution in [0.5, 0.6) is 11.5 Å². The van der Waals surface area contributed by atoms with E-state index in [0.717, 1.165) is 43.2 Å². The molecule has 2 aromatic rings. The summed E-state index contributed by atoms with van der Waals surface area (Å²) in [5.74, 6) is 1.62. The molecule has 1 saturated heterocycles. The zero-order valence-electron chi connectivity index (χ0n) is 16.6. The maximum atomic E-state index is 6.03. The standard InChI is InChI=1S/C23H32N2O2/c1-3-4-10-21(25-15-13-24-14-16-25)20-11-12-22(23(17-20)26-2)27-18-19-8-6-5-7-9-19/h5-9,11-12,17,21,24H,3-4,10,13-16,18H2,1-2H3/t21-/m1/s1. The number of hydrogen-bond acceptors (Lipinski definition) is 4. The van der Waals surface area contributed by atoms with Crippen LogP contribution in [0, 0.1) is 0 Å². The van der Waals surface area contributed by atoms with Crippen LogP contribution in [0.1, 0.15) is 43.4 Å². The van der Waals surface area contributed by atoms with Crippen molar-refractivity contribution in [1.82, 2.24) is 10.2 Å². The second-order valence-corrected chi connectivity index (χ2v) is 7.13. The zero-order valence-corrected chi connectivity index (χ0v) is 16.6. The van der Waals surface area contributed by atoms with Crippen molar-refractivity contribution >= 4 is 0 Å². The molecule has 1 aliphatic rings. The molecular weight excluding hydrogens is 336 g/mol. The molecule has 1 atom stereocenters. The molecule has 146 valence electrons. The third-order valence-electron chi connectivity index (χ3n) is 5.23. The molecule has 0 spiro atoms. The molecule has 4 heteroatoms. The number of hydrogen-bond donors (Lipinski definition) is 1. The van der Waals surface area contributed by atoms with Crippen LogP contribution < -0.4 is 14.8 Å². The quantitative estimate of drug-likeness (QED) is 0.711. The van der Waals surface area contributed by atoms with E-state index in [2.05, 4.69) is 47.5 Å². The smallest absolute Gasteiger partial charge is 0.161 e. The van der Waals surface area contributed by atoms with Gasteiger partial charge in [0.2, 0.25) is 0 Å². The molecule has 27 heavy (non-hydrogen) atoms. The molecule has 3 rings (SSSR count). The molecule has 4 nitrogen and oxygen atoms in total. The van der Waals surface area contributed by atoms with Crippen LogP contribution in [-0.2, 0) is 6.61 Å². The summed E-state index contributed by atoms with van der Waals surface area (Å²) < 4.78 is 11.7. The predicted octanol–water partition coefficient (Wildman–Crippen LogP) is 4.41. The van der Waals surface area contributed by atoms with Crippen molar-refractivity contribution in [3.05, 3.63) is 59.7 Å². The number of nitrogens with zero attached hydrogens (tertiary/aromatic N) is 1. The second-order valence-electron chi connectivity index (χ2n) is 7.13. The third-order valence-corrected chi connectivity index (χ3v) is 5.23. The van der Waals surface area contributed by atoms with Crippen LogP contribution in [0.2, 0.25) is 0 Å². The van der Waals surface area contributed by atoms with E-state index < -0.39 is 0 Å². The summed E-state index contributed by atoms with van der Waals surface area (Å²) >= 11 is 0. The molecule has 0 radical (unpaired) electrons. The fourth-order valence-corrected chi connectivity index (χ4v) is 3.70. The Balaban J connectivity index is 1.75. The number of piperazine rings is 1. The van der Waals surface area contributed by atoms with E-state index in [-0.39, 0.29) is 0 Å². The number of benzene rings is 2. The average Bonchev–Trinajstić information content (AvgIpc) is 2.74. The molecule has 0 amide bonds. The molecule has 0 aliphatic carbocycles. The SMILES string of the molecule is CCCC[C@H](c1ccc(OCc2ccccc2)c(OC)c1)N1CCNCC1. The van der Waals surface area contributed by atoms with E-state index in [1.165, 1.54) is 24.8 Å². The lowest BCUT2D eigenvalue weighted by Crippen LogP contribution is -2.45. The Morgan fingerprint density at radius 3 is 2.52 bits per heavy atom. The van der Waals surface area contributed by atoms with Gasteiger partial charge < -0.3 is 14.8 Å². The fraction of sp³-hybridized carbons (Fsp3) is 0.478. The molecule has 2 aromatic carbocycles. The van der Waals surface area contributed by atoms with E-state index in [9.17, 15) is 0 Å². The van der Waals surface area contributed by atoms with Crippen molar-refractivity contribution in [2.75, 3.05) is 33.3 Å². The molecule has 1 aliphatic heterocycles. The van der Waals surface area contributed by atoms with E-state index >= 15 is 0 Å². The molecule has 0 bridgehead atoms. The highest BCUT2D eigenvalue weighted by atomic mass is 16.5. The number of ether oxygens (including phenoxy) is 2. The van der Waals surface area contributed by atoms with Gasteiger partial charge in [0.15, 0.2) is 11.5 Å². The molecule has 1 N–H and O–H groups in total. The lowest BCUT2D eigenvalue weighted by atomic mass is 9.98. The number of nitrogens with one attached hydrogen (secondary N) is 1. The van der Waals surface area contributed by atoms with Crippen molar-refractivity contribution in [3.8, 4) is 11.5 Å². The third kappa shape index (κ3) is 5.47. The molecule has 0 saturated carbocycles. The summed E-state index contributed by atoms with van der Waals surface area (Å²) in [6.07, 6.45) is 3.64. The Morgan fingerprint density at radius 2 is 1.81 bits per heavy atom. The topological polar surface area (TPSA) is 33.7 Å². The fourth-order valence-electron chi connectivity index (χ4n) is 3.70. The molecule has 1 heterocycles. The minimum Gasteiger partial charge on any atom is -0.493 e. The van der Waals surface area contributed by atoms with E-state index in [1.807, 2.05) is 18.2 Å². The first-order valence-corrected chi connectivity index (χ1v) is 10.1. The predicted molar refractivity (Wildman–Crippen MR) is 110 cm³/mol. The summed E-state index contributed by atoms with van der Waals surface area (Å²) in [4.78, 5) is 2.60. The lowest BCUT2D eigenvalue weighted by molar-refractivity contribution is 0.163. The van der Waals surface area contributed by atoms with Crippen LogP contribution in [0.3, 0.4) is 0 Å². The van der Waals surface area contributed by atoms with Gasteiger partial charge in [0.1, 0.15) is 6.61 Å². The molecule has 0 aromatic heterocycles. The maximum absolute atomic E-state index is 6.03. The van der Waals surface area contributed by atoms with Crippen LogP contribution >= 0.6 is 0 Å². The highest BCUT2D eigenvalue weighted by Gasteiger charge is 2.23. The van der Waals surface area contributed by atoms with Gasteiger partial charge in [-0.05, 0) is 29.7 Å². The first-order chi connectivity index (χ1) is 13.3. The molecule has 0 unspecified atom stereocenters. The summed E-state index contributed by atoms with van der Waals surface area (Å²) in [6.45, 7) is 7.14. The Labute approximate surface area is 163 Å². The summed E-state index contributed by atoms with van der Waals surface area (Å²) in [6, 6.07) is 17.1. The van der Waals surface area contributed by atoms with Crippen molar-refractivity contribution in [2.45, 2.75) is 38.8 Å². The summed E-state index contributed by atoms with van der Waals surface area (Å²) in [7, 11) is 1.72. The molecule has 1 fully saturated rings. The van der Waals surface area contributed by atoms with Gasteiger partial charge in [0.25, 0.3) is 0 Å². The minimum atomic E-state index is 0.448. The largest absolute Gasteiger partial charge is 0.493 e. The van der Waals surface area contributed by atoms with E-state index in [4.69, 9.17) is 9.47 Å². The van der Waals surface area contributed by atoms with Gasteiger partial charge in [0, 0.05) is 32.2 Å². The van der Waals surface area contributed by atoms with Crippen molar-refractivity contribution < 1.29 is 9.47 Å². The highest BCUT2D eigenvalue weighted by molar-refractivity contribution is 5.44. The van der Waals surface area contributed by atoms with E-state index in [1.54, 1.807) is 7.11 Å². The first kappa shape index (κ1) is 19.7. The van der Waals surface area contributed by atoms with Gasteiger partial charge >= 0.3 is 0 Å². The zero-order chi connectivity index (χ0) is 18.9. The second kappa shape index (κ2) is 10.3. The minimum absolute atomic E-state index is 0.448. The summed E-state index contributed by atoms with van der Waals surface area (Å²) in [5, 5.41) is 3.45. The van der Waals surface area contributed by atoms with Gasteiger partial charge in [-0.3, -0.25) is 4.90 Å². The molecular formula is C23H32N2O2. The Hall–Kier alpha value is -2.04. The van der Waals surface area contributed by atoms with Gasteiger partial charge in [-0.25, -0.2) is 0 Å². The van der Waals surface area contributed by atoms with Crippen molar-refractivity contribution in [2.24, 2.45) is 0 Å². The van der Waals surface area contributed by atoms with Gasteiger partial charge in [-0.15, -0.1) is 0 Å². The first-order valence-electron chi connectivity index (χ1n) is 10.1. The van der Waals surface area contributed by atoms with Crippen LogP contribution in [-0.4, -0.2) is 38.2 Å². The van der Waals surface area contributed by atoms with Crippen molar-refractivity contribution in [3.63, 3.8) is 0 Å². The Bertz CT molecular complexity index is 684. The summed E-state index contributed by atoms with van der Waals surface area (Å²) in [5.41, 5.74) is 2.49. The van der Waals surface area contributed by atoms with Crippen molar-refractivity contribution in [1.29, 1.82) is 0 Å². The van der Waals surface area contributed by atoms with E-state index in [0.29, 0.717) is 12.6 Å². The van der Waals surface area contributed by atoms with Gasteiger partial charge in [-0.1, -0.05) is 56.2 Å². The lowest BCUT2D eigenvalue weighted by Gasteiger charge is -2.35. The Morgan fingerprint density at radius 1 is 1.04 bits per heavy atom.